The zero-order chi connectivity index (χ0) is 21.2. The number of nitrogens with two attached hydrogens (primary N) is 1. The third-order valence-corrected chi connectivity index (χ3v) is 6.52. The van der Waals surface area contributed by atoms with Crippen molar-refractivity contribution < 1.29 is 0 Å². The van der Waals surface area contributed by atoms with E-state index in [1.54, 1.807) is 11.3 Å². The normalized spacial score (nSPS) is 11.3. The Morgan fingerprint density at radius 3 is 2.42 bits per heavy atom. The number of nitrogen functional groups attached to an aromatic ring is 1. The molecule has 0 aliphatic carbocycles. The Labute approximate surface area is 185 Å². The molecular weight excluding hydrogens is 400 g/mol. The highest BCUT2D eigenvalue weighted by Gasteiger charge is 2.11. The minimum Gasteiger partial charge on any atom is -0.399 e. The van der Waals surface area contributed by atoms with Crippen LogP contribution in [0.15, 0.2) is 78.9 Å². The van der Waals surface area contributed by atoms with E-state index in [1.165, 1.54) is 27.1 Å². The predicted octanol–water partition coefficient (Wildman–Crippen LogP) is 6.14. The fraction of sp³-hybridized carbons (Fsp3) is 0.115. The number of hydrogen-bond acceptors (Lipinski definition) is 4. The second-order valence-electron chi connectivity index (χ2n) is 7.77. The molecule has 0 unspecified atom stereocenters. The van der Waals surface area contributed by atoms with Crippen molar-refractivity contribution >= 4 is 28.1 Å². The maximum atomic E-state index is 5.87. The fourth-order valence-electron chi connectivity index (χ4n) is 3.80. The number of nitrogens with zero attached hydrogens (tertiary/aromatic N) is 1. The number of aryl methyl sites for hydroxylation is 1. The van der Waals surface area contributed by atoms with Gasteiger partial charge in [-0.2, -0.15) is 0 Å². The number of fused-ring (bicyclic) bond motifs is 1. The zero-order valence-electron chi connectivity index (χ0n) is 17.4. The van der Waals surface area contributed by atoms with E-state index < -0.39 is 0 Å². The van der Waals surface area contributed by atoms with Gasteiger partial charge in [-0.1, -0.05) is 42.5 Å². The molecule has 4 N–H and O–H groups in total. The van der Waals surface area contributed by atoms with Crippen LogP contribution in [-0.2, 0) is 13.1 Å². The highest BCUT2D eigenvalue weighted by atomic mass is 32.1. The van der Waals surface area contributed by atoms with E-state index in [2.05, 4.69) is 77.9 Å². The van der Waals surface area contributed by atoms with Gasteiger partial charge in [-0.3, -0.25) is 0 Å². The Kier molecular flexibility index (Phi) is 5.28. The third kappa shape index (κ3) is 4.24. The molecule has 0 saturated heterocycles. The van der Waals surface area contributed by atoms with E-state index in [0.717, 1.165) is 40.5 Å². The van der Waals surface area contributed by atoms with Crippen LogP contribution in [-0.4, -0.2) is 9.97 Å². The maximum absolute atomic E-state index is 5.87. The van der Waals surface area contributed by atoms with Crippen molar-refractivity contribution in [2.45, 2.75) is 20.0 Å². The first-order valence-electron chi connectivity index (χ1n) is 10.4. The van der Waals surface area contributed by atoms with Gasteiger partial charge in [-0.05, 0) is 65.6 Å². The smallest absolute Gasteiger partial charge is 0.148 e. The summed E-state index contributed by atoms with van der Waals surface area (Å²) in [7, 11) is 0. The molecular formula is C26H24N4S. The zero-order valence-corrected chi connectivity index (χ0v) is 18.2. The summed E-state index contributed by atoms with van der Waals surface area (Å²) < 4.78 is 0. The molecule has 154 valence electrons. The van der Waals surface area contributed by atoms with Crippen LogP contribution in [0.25, 0.3) is 32.2 Å². The Balaban J connectivity index is 1.31. The van der Waals surface area contributed by atoms with Gasteiger partial charge in [0.15, 0.2) is 0 Å². The van der Waals surface area contributed by atoms with Crippen molar-refractivity contribution in [2.24, 2.45) is 0 Å². The molecule has 0 atom stereocenters. The van der Waals surface area contributed by atoms with Gasteiger partial charge in [0.05, 0.1) is 15.9 Å². The molecule has 2 aromatic heterocycles. The summed E-state index contributed by atoms with van der Waals surface area (Å²) in [4.78, 5) is 10.7. The first-order chi connectivity index (χ1) is 15.2. The van der Waals surface area contributed by atoms with E-state index >= 15 is 0 Å². The molecule has 0 aliphatic heterocycles. The number of imidazole rings is 1. The van der Waals surface area contributed by atoms with E-state index in [9.17, 15) is 0 Å². The van der Waals surface area contributed by atoms with Crippen LogP contribution in [0, 0.1) is 6.92 Å². The molecule has 4 nitrogen and oxygen atoms in total. The summed E-state index contributed by atoms with van der Waals surface area (Å²) in [5.74, 6) is 0.931. The minimum absolute atomic E-state index is 0.796. The number of anilines is 1. The van der Waals surface area contributed by atoms with Gasteiger partial charge in [0, 0.05) is 23.7 Å². The summed E-state index contributed by atoms with van der Waals surface area (Å²) in [5.41, 5.74) is 13.7. The van der Waals surface area contributed by atoms with Gasteiger partial charge in [0.1, 0.15) is 5.82 Å². The first kappa shape index (κ1) is 19.5. The summed E-state index contributed by atoms with van der Waals surface area (Å²) >= 11 is 1.76. The van der Waals surface area contributed by atoms with Crippen LogP contribution in [0.3, 0.4) is 0 Å². The van der Waals surface area contributed by atoms with Gasteiger partial charge in [-0.25, -0.2) is 4.98 Å². The van der Waals surface area contributed by atoms with E-state index in [4.69, 9.17) is 10.7 Å². The number of thiophene rings is 1. The average Bonchev–Trinajstić information content (AvgIpc) is 3.42. The number of benzene rings is 3. The van der Waals surface area contributed by atoms with Crippen molar-refractivity contribution in [1.82, 2.24) is 15.3 Å². The second kappa shape index (κ2) is 8.38. The highest BCUT2D eigenvalue weighted by Crippen LogP contribution is 2.34. The van der Waals surface area contributed by atoms with Crippen LogP contribution in [0.1, 0.15) is 16.7 Å². The highest BCUT2D eigenvalue weighted by molar-refractivity contribution is 7.18. The third-order valence-electron chi connectivity index (χ3n) is 5.37. The Hall–Kier alpha value is -3.41. The van der Waals surface area contributed by atoms with E-state index in [-0.39, 0.29) is 0 Å². The van der Waals surface area contributed by atoms with Gasteiger partial charge >= 0.3 is 0 Å². The standard InChI is InChI=1S/C26H24N4S/c1-17-5-2-10-22-25(17)30-26(29-22)24-12-11-23(31-24)20-8-3-6-18(13-20)15-28-16-19-7-4-9-21(27)14-19/h2-14,28H,15-16,27H2,1H3,(H,29,30). The fourth-order valence-corrected chi connectivity index (χ4v) is 4.75. The Morgan fingerprint density at radius 1 is 0.871 bits per heavy atom. The molecule has 2 heterocycles. The molecule has 31 heavy (non-hydrogen) atoms. The van der Waals surface area contributed by atoms with Crippen LogP contribution >= 0.6 is 11.3 Å². The molecule has 0 fully saturated rings. The molecule has 0 radical (unpaired) electrons. The van der Waals surface area contributed by atoms with Gasteiger partial charge in [-0.15, -0.1) is 11.3 Å². The van der Waals surface area contributed by atoms with Crippen molar-refractivity contribution in [1.29, 1.82) is 0 Å². The van der Waals surface area contributed by atoms with Crippen LogP contribution in [0.4, 0.5) is 5.69 Å². The SMILES string of the molecule is Cc1cccc2[nH]c(-c3ccc(-c4cccc(CNCc5cccc(N)c5)c4)s3)nc12. The Morgan fingerprint density at radius 2 is 1.61 bits per heavy atom. The molecule has 0 bridgehead atoms. The van der Waals surface area contributed by atoms with Crippen molar-refractivity contribution in [2.75, 3.05) is 5.73 Å². The minimum atomic E-state index is 0.796. The van der Waals surface area contributed by atoms with Crippen molar-refractivity contribution in [3.8, 4) is 21.1 Å². The first-order valence-corrected chi connectivity index (χ1v) is 11.2. The summed E-state index contributed by atoms with van der Waals surface area (Å²) in [6.07, 6.45) is 0. The lowest BCUT2D eigenvalue weighted by Crippen LogP contribution is -2.12. The lowest BCUT2D eigenvalue weighted by atomic mass is 10.1. The monoisotopic (exact) mass is 424 g/mol. The number of nitrogens with one attached hydrogen (secondary N) is 2. The molecule has 0 aliphatic rings. The number of H-pyrrole nitrogens is 1. The van der Waals surface area contributed by atoms with Gasteiger partial charge in [0.2, 0.25) is 0 Å². The summed E-state index contributed by atoms with van der Waals surface area (Å²) in [5, 5.41) is 3.51. The molecule has 5 aromatic rings. The number of hydrogen-bond donors (Lipinski definition) is 3. The number of aromatic nitrogens is 2. The largest absolute Gasteiger partial charge is 0.399 e. The lowest BCUT2D eigenvalue weighted by molar-refractivity contribution is 0.694. The quantitative estimate of drug-likeness (QED) is 0.287. The van der Waals surface area contributed by atoms with Crippen molar-refractivity contribution in [3.63, 3.8) is 0 Å². The maximum Gasteiger partial charge on any atom is 0.148 e. The summed E-state index contributed by atoms with van der Waals surface area (Å²) in [6.45, 7) is 3.70. The Bertz CT molecular complexity index is 1350. The number of para-hydroxylation sites is 1. The predicted molar refractivity (Wildman–Crippen MR) is 131 cm³/mol. The van der Waals surface area contributed by atoms with Crippen LogP contribution in [0.5, 0.6) is 0 Å². The van der Waals surface area contributed by atoms with Gasteiger partial charge in [0.25, 0.3) is 0 Å². The van der Waals surface area contributed by atoms with Crippen LogP contribution < -0.4 is 11.1 Å². The van der Waals surface area contributed by atoms with E-state index in [1.807, 2.05) is 18.2 Å². The van der Waals surface area contributed by atoms with E-state index in [0.29, 0.717) is 0 Å². The molecule has 0 amide bonds. The molecule has 0 spiro atoms. The summed E-state index contributed by atoms with van der Waals surface area (Å²) in [6, 6.07) is 27.3. The number of aromatic amines is 1. The van der Waals surface area contributed by atoms with Gasteiger partial charge < -0.3 is 16.0 Å². The molecule has 5 heteroatoms. The topological polar surface area (TPSA) is 66.7 Å². The lowest BCUT2D eigenvalue weighted by Gasteiger charge is -2.07. The van der Waals surface area contributed by atoms with Crippen LogP contribution in [0.2, 0.25) is 0 Å². The average molecular weight is 425 g/mol. The van der Waals surface area contributed by atoms with Crippen molar-refractivity contribution in [3.05, 3.63) is 95.6 Å². The second-order valence-corrected chi connectivity index (χ2v) is 8.85. The molecule has 3 aromatic carbocycles. The number of rotatable bonds is 6. The molecule has 0 saturated carbocycles. The molecule has 5 rings (SSSR count).